The number of hydrogen-bond donors (Lipinski definition) is 3. The van der Waals surface area contributed by atoms with Crippen molar-refractivity contribution in [2.45, 2.75) is 84.0 Å². The molecule has 42 heavy (non-hydrogen) atoms. The first kappa shape index (κ1) is 25.3. The summed E-state index contributed by atoms with van der Waals surface area (Å²) in [5.74, 6) is 5.33. The predicted octanol–water partition coefficient (Wildman–Crippen LogP) is 7.32. The van der Waals surface area contributed by atoms with Gasteiger partial charge in [-0.2, -0.15) is 0 Å². The van der Waals surface area contributed by atoms with Crippen molar-refractivity contribution >= 4 is 34.4 Å². The summed E-state index contributed by atoms with van der Waals surface area (Å²) in [6.07, 6.45) is 15.9. The van der Waals surface area contributed by atoms with Crippen LogP contribution in [0.15, 0.2) is 36.5 Å². The monoisotopic (exact) mass is 563 g/mol. The first-order valence-corrected chi connectivity index (χ1v) is 16.3. The molecule has 11 rings (SSSR count). The lowest BCUT2D eigenvalue weighted by molar-refractivity contribution is -0.149. The van der Waals surface area contributed by atoms with Gasteiger partial charge in [-0.3, -0.25) is 9.59 Å². The van der Waals surface area contributed by atoms with E-state index >= 15 is 0 Å². The Hall–Kier alpha value is -3.22. The molecule has 1 aromatic carbocycles. The zero-order chi connectivity index (χ0) is 28.3. The molecule has 4 atom stereocenters. The fourth-order valence-electron chi connectivity index (χ4n) is 11.7. The maximum Gasteiger partial charge on any atom is 0.231 e. The summed E-state index contributed by atoms with van der Waals surface area (Å²) in [5, 5.41) is 6.45. The molecule has 0 saturated heterocycles. The lowest BCUT2D eigenvalue weighted by atomic mass is 9.44. The van der Waals surface area contributed by atoms with Crippen molar-refractivity contribution in [2.75, 3.05) is 10.6 Å². The van der Waals surface area contributed by atoms with E-state index in [2.05, 4.69) is 27.5 Å². The lowest BCUT2D eigenvalue weighted by Gasteiger charge is -2.60. The van der Waals surface area contributed by atoms with Gasteiger partial charge in [0.05, 0.1) is 28.1 Å². The highest BCUT2D eigenvalue weighted by Crippen LogP contribution is 2.65. The Labute approximate surface area is 247 Å². The Morgan fingerprint density at radius 2 is 1.38 bits per heavy atom. The van der Waals surface area contributed by atoms with Crippen LogP contribution < -0.4 is 10.6 Å². The second-order valence-corrected chi connectivity index (χ2v) is 15.9. The fraction of sp³-hybridized carbons (Fsp3) is 0.600. The summed E-state index contributed by atoms with van der Waals surface area (Å²) in [6.45, 7) is 2.41. The van der Waals surface area contributed by atoms with E-state index < -0.39 is 0 Å². The molecule has 0 spiro atoms. The molecule has 2 heterocycles. The minimum atomic E-state index is -0.201. The number of hydrogen-bond acceptors (Lipinski definition) is 4. The van der Waals surface area contributed by atoms with Gasteiger partial charge in [0.1, 0.15) is 11.6 Å². The number of aromatic amines is 1. The Kier molecular flexibility index (Phi) is 5.22. The van der Waals surface area contributed by atoms with Gasteiger partial charge < -0.3 is 15.6 Å². The van der Waals surface area contributed by atoms with E-state index in [9.17, 15) is 9.59 Å². The first-order chi connectivity index (χ1) is 20.2. The van der Waals surface area contributed by atoms with E-state index in [1.54, 1.807) is 6.20 Å². The van der Waals surface area contributed by atoms with Crippen molar-refractivity contribution in [3.8, 4) is 11.4 Å². The SMILES string of the molecule is CC12C[C@H]3C[C@@H](C1)CC(C(=O)Nc1ccc(-c4nc5cc(NC(=O)C67CC8CC(CC(C8)C6)C7)ncc5[nH]4)cc1)(C3)C2. The molecule has 2 aromatic heterocycles. The van der Waals surface area contributed by atoms with Crippen LogP contribution in [0.5, 0.6) is 0 Å². The molecule has 0 radical (unpaired) electrons. The van der Waals surface area contributed by atoms with E-state index in [1.165, 1.54) is 38.5 Å². The molecular formula is C35H41N5O2. The molecule has 8 bridgehead atoms. The molecule has 3 N–H and O–H groups in total. The Bertz CT molecular complexity index is 1560. The number of nitrogens with one attached hydrogen (secondary N) is 3. The standard InChI is InChI=1S/C35H41N5O2/c1-33-11-23-9-24(12-33)17-35(16-23,19-33)32(42)37-26-4-2-25(3-5-26)30-38-27-10-29(36-18-28(27)39-30)40-31(41)34-13-20-6-21(14-34)8-22(7-20)15-34/h2-5,10,18,20-24H,6-9,11-17,19H2,1H3,(H,37,42)(H,38,39)(H,36,40,41)/t20?,21?,22?,23-,24+,33?,34?,35?. The number of imidazole rings is 1. The average Bonchev–Trinajstić information content (AvgIpc) is 3.35. The highest BCUT2D eigenvalue weighted by atomic mass is 16.2. The molecule has 8 aliphatic rings. The zero-order valence-electron chi connectivity index (χ0n) is 24.5. The van der Waals surface area contributed by atoms with Crippen molar-refractivity contribution in [2.24, 2.45) is 45.8 Å². The van der Waals surface area contributed by atoms with Crippen LogP contribution in [-0.2, 0) is 9.59 Å². The van der Waals surface area contributed by atoms with Crippen molar-refractivity contribution in [3.05, 3.63) is 36.5 Å². The van der Waals surface area contributed by atoms with E-state index in [0.717, 1.165) is 96.2 Å². The van der Waals surface area contributed by atoms with Gasteiger partial charge in [0.15, 0.2) is 0 Å². The van der Waals surface area contributed by atoms with Gasteiger partial charge in [0.2, 0.25) is 11.8 Å². The summed E-state index contributed by atoms with van der Waals surface area (Å²) >= 11 is 0. The van der Waals surface area contributed by atoms with Gasteiger partial charge in [-0.05, 0) is 136 Å². The topological polar surface area (TPSA) is 99.8 Å². The summed E-state index contributed by atoms with van der Waals surface area (Å²) in [6, 6.07) is 9.87. The van der Waals surface area contributed by atoms with Crippen LogP contribution in [-0.4, -0.2) is 26.8 Å². The molecule has 2 unspecified atom stereocenters. The number of carbonyl (C=O) groups excluding carboxylic acids is 2. The maximum absolute atomic E-state index is 13.6. The van der Waals surface area contributed by atoms with Crippen LogP contribution in [0.4, 0.5) is 11.5 Å². The number of anilines is 2. The number of fused-ring (bicyclic) bond motifs is 1. The van der Waals surface area contributed by atoms with Gasteiger partial charge in [-0.15, -0.1) is 0 Å². The lowest BCUT2D eigenvalue weighted by Crippen LogP contribution is -2.55. The maximum atomic E-state index is 13.6. The number of H-pyrrole nitrogens is 1. The molecule has 7 nitrogen and oxygen atoms in total. The minimum absolute atomic E-state index is 0.157. The Morgan fingerprint density at radius 3 is 2.02 bits per heavy atom. The van der Waals surface area contributed by atoms with Crippen LogP contribution in [0.25, 0.3) is 22.4 Å². The quantitative estimate of drug-likeness (QED) is 0.303. The van der Waals surface area contributed by atoms with E-state index in [0.29, 0.717) is 11.2 Å². The van der Waals surface area contributed by atoms with Gasteiger partial charge in [0, 0.05) is 17.3 Å². The molecule has 0 aliphatic heterocycles. The van der Waals surface area contributed by atoms with Crippen molar-refractivity contribution in [1.29, 1.82) is 0 Å². The smallest absolute Gasteiger partial charge is 0.231 e. The zero-order valence-corrected chi connectivity index (χ0v) is 24.5. The molecular weight excluding hydrogens is 522 g/mol. The molecule has 3 aromatic rings. The predicted molar refractivity (Wildman–Crippen MR) is 162 cm³/mol. The highest BCUT2D eigenvalue weighted by Gasteiger charge is 2.59. The number of nitrogens with zero attached hydrogens (tertiary/aromatic N) is 2. The normalized spacial score (nSPS) is 39.1. The Morgan fingerprint density at radius 1 is 0.786 bits per heavy atom. The van der Waals surface area contributed by atoms with Crippen molar-refractivity contribution in [3.63, 3.8) is 0 Å². The average molecular weight is 564 g/mol. The van der Waals surface area contributed by atoms with Crippen molar-refractivity contribution in [1.82, 2.24) is 15.0 Å². The van der Waals surface area contributed by atoms with Crippen LogP contribution >= 0.6 is 0 Å². The van der Waals surface area contributed by atoms with E-state index in [-0.39, 0.29) is 22.6 Å². The number of carbonyl (C=O) groups is 2. The van der Waals surface area contributed by atoms with Gasteiger partial charge >= 0.3 is 0 Å². The van der Waals surface area contributed by atoms with Crippen LogP contribution in [0.3, 0.4) is 0 Å². The van der Waals surface area contributed by atoms with Crippen LogP contribution in [0.1, 0.15) is 84.0 Å². The number of benzene rings is 1. The second kappa shape index (κ2) is 8.67. The fourth-order valence-corrected chi connectivity index (χ4v) is 11.7. The molecule has 2 amide bonds. The van der Waals surface area contributed by atoms with Gasteiger partial charge in [-0.25, -0.2) is 9.97 Å². The van der Waals surface area contributed by atoms with Gasteiger partial charge in [-0.1, -0.05) is 6.92 Å². The van der Waals surface area contributed by atoms with Crippen LogP contribution in [0.2, 0.25) is 0 Å². The van der Waals surface area contributed by atoms with Crippen molar-refractivity contribution < 1.29 is 9.59 Å². The van der Waals surface area contributed by atoms with Crippen LogP contribution in [0, 0.1) is 45.8 Å². The molecule has 8 aliphatic carbocycles. The third-order valence-corrected chi connectivity index (χ3v) is 12.4. The molecule has 8 saturated carbocycles. The molecule has 7 heteroatoms. The summed E-state index contributed by atoms with van der Waals surface area (Å²) in [7, 11) is 0. The first-order valence-electron chi connectivity index (χ1n) is 16.3. The minimum Gasteiger partial charge on any atom is -0.337 e. The largest absolute Gasteiger partial charge is 0.337 e. The molecule has 8 fully saturated rings. The van der Waals surface area contributed by atoms with Gasteiger partial charge in [0.25, 0.3) is 0 Å². The Balaban J connectivity index is 0.897. The summed E-state index contributed by atoms with van der Waals surface area (Å²) in [4.78, 5) is 39.9. The summed E-state index contributed by atoms with van der Waals surface area (Å²) in [5.41, 5.74) is 3.37. The van der Waals surface area contributed by atoms with E-state index in [1.807, 2.05) is 30.3 Å². The highest BCUT2D eigenvalue weighted by molar-refractivity contribution is 5.97. The third kappa shape index (κ3) is 3.98. The number of aromatic nitrogens is 3. The second-order valence-electron chi connectivity index (χ2n) is 15.9. The number of amides is 2. The molecule has 218 valence electrons. The summed E-state index contributed by atoms with van der Waals surface area (Å²) < 4.78 is 0. The number of rotatable bonds is 5. The third-order valence-electron chi connectivity index (χ3n) is 12.4. The van der Waals surface area contributed by atoms with E-state index in [4.69, 9.17) is 4.98 Å². The number of pyridine rings is 1.